The van der Waals surface area contributed by atoms with Crippen molar-refractivity contribution >= 4 is 45.8 Å². The Morgan fingerprint density at radius 2 is 2.00 bits per heavy atom. The van der Waals surface area contributed by atoms with Crippen molar-refractivity contribution in [3.05, 3.63) is 27.5 Å². The molecule has 0 saturated carbocycles. The number of imidazole rings is 1. The fourth-order valence-corrected chi connectivity index (χ4v) is 2.98. The minimum Gasteiger partial charge on any atom is -0.394 e. The molecule has 2 N–H and O–H groups in total. The Labute approximate surface area is 129 Å². The molecule has 20 heavy (non-hydrogen) atoms. The summed E-state index contributed by atoms with van der Waals surface area (Å²) in [6, 6.07) is 3.27. The van der Waals surface area contributed by atoms with Crippen molar-refractivity contribution in [1.29, 1.82) is 0 Å². The Balaban J connectivity index is 2.08. The van der Waals surface area contributed by atoms with Gasteiger partial charge in [-0.3, -0.25) is 4.57 Å². The molecule has 1 aromatic carbocycles. The second kappa shape index (κ2) is 5.33. The Hall–Kier alpha value is -0.560. The lowest BCUT2D eigenvalue weighted by Crippen LogP contribution is -2.24. The van der Waals surface area contributed by atoms with Crippen LogP contribution in [0.4, 0.5) is 0 Å². The number of ether oxygens (including phenoxy) is 1. The highest BCUT2D eigenvalue weighted by Gasteiger charge is 2.36. The van der Waals surface area contributed by atoms with E-state index in [0.717, 1.165) is 0 Å². The first-order valence-corrected chi connectivity index (χ1v) is 7.11. The van der Waals surface area contributed by atoms with E-state index in [9.17, 15) is 5.11 Å². The normalized spacial score (nSPS) is 26.6. The van der Waals surface area contributed by atoms with Gasteiger partial charge in [-0.1, -0.05) is 23.2 Å². The van der Waals surface area contributed by atoms with Crippen LogP contribution in [0.15, 0.2) is 12.1 Å². The molecule has 1 aliphatic rings. The third-order valence-electron chi connectivity index (χ3n) is 3.36. The molecule has 1 aromatic heterocycles. The van der Waals surface area contributed by atoms with Gasteiger partial charge in [-0.25, -0.2) is 4.98 Å². The highest BCUT2D eigenvalue weighted by Crippen LogP contribution is 2.36. The van der Waals surface area contributed by atoms with Crippen molar-refractivity contribution in [2.75, 3.05) is 6.61 Å². The molecule has 1 fully saturated rings. The summed E-state index contributed by atoms with van der Waals surface area (Å²) in [7, 11) is 0. The van der Waals surface area contributed by atoms with Crippen LogP contribution in [-0.2, 0) is 4.74 Å². The standard InChI is InChI=1S/C12H11Cl3N2O3/c13-5-1-7-8(2-6(5)14)17(12(15)16-7)11-3-9(19)10(4-18)20-11/h1-2,9-11,18-19H,3-4H2. The molecule has 1 saturated heterocycles. The summed E-state index contributed by atoms with van der Waals surface area (Å²) < 4.78 is 7.23. The molecule has 5 nitrogen and oxygen atoms in total. The van der Waals surface area contributed by atoms with Crippen molar-refractivity contribution in [2.45, 2.75) is 24.9 Å². The van der Waals surface area contributed by atoms with Crippen molar-refractivity contribution in [1.82, 2.24) is 9.55 Å². The first-order valence-electron chi connectivity index (χ1n) is 5.98. The van der Waals surface area contributed by atoms with Gasteiger partial charge in [0, 0.05) is 6.42 Å². The average Bonchev–Trinajstić information content (AvgIpc) is 2.90. The van der Waals surface area contributed by atoms with Gasteiger partial charge in [-0.15, -0.1) is 0 Å². The fourth-order valence-electron chi connectivity index (χ4n) is 2.37. The highest BCUT2D eigenvalue weighted by molar-refractivity contribution is 6.42. The molecule has 0 spiro atoms. The van der Waals surface area contributed by atoms with Gasteiger partial charge in [0.25, 0.3) is 0 Å². The molecule has 0 radical (unpaired) electrons. The minimum absolute atomic E-state index is 0.217. The molecule has 8 heteroatoms. The van der Waals surface area contributed by atoms with Crippen LogP contribution in [0, 0.1) is 0 Å². The summed E-state index contributed by atoms with van der Waals surface area (Å²) in [5.74, 6) is 0. The number of nitrogens with zero attached hydrogens (tertiary/aromatic N) is 2. The third kappa shape index (κ3) is 2.28. The van der Waals surface area contributed by atoms with Gasteiger partial charge in [0.05, 0.1) is 33.8 Å². The Bertz CT molecular complexity index is 661. The molecule has 0 aliphatic carbocycles. The molecule has 2 aromatic rings. The Morgan fingerprint density at radius 3 is 2.65 bits per heavy atom. The van der Waals surface area contributed by atoms with Crippen LogP contribution in [0.1, 0.15) is 12.6 Å². The minimum atomic E-state index is -0.749. The van der Waals surface area contributed by atoms with E-state index in [-0.39, 0.29) is 11.9 Å². The van der Waals surface area contributed by atoms with E-state index in [2.05, 4.69) is 4.98 Å². The van der Waals surface area contributed by atoms with Crippen molar-refractivity contribution in [3.63, 3.8) is 0 Å². The lowest BCUT2D eigenvalue weighted by Gasteiger charge is -2.15. The lowest BCUT2D eigenvalue weighted by molar-refractivity contribution is -0.0429. The fraction of sp³-hybridized carbons (Fsp3) is 0.417. The van der Waals surface area contributed by atoms with E-state index < -0.39 is 18.4 Å². The Morgan fingerprint density at radius 1 is 1.30 bits per heavy atom. The van der Waals surface area contributed by atoms with Crippen LogP contribution >= 0.6 is 34.8 Å². The zero-order valence-electron chi connectivity index (χ0n) is 10.1. The van der Waals surface area contributed by atoms with Crippen LogP contribution in [0.5, 0.6) is 0 Å². The number of rotatable bonds is 2. The van der Waals surface area contributed by atoms with Gasteiger partial charge >= 0.3 is 0 Å². The maximum atomic E-state index is 9.81. The number of halogens is 3. The molecule has 1 aliphatic heterocycles. The number of fused-ring (bicyclic) bond motifs is 1. The smallest absolute Gasteiger partial charge is 0.205 e. The SMILES string of the molecule is OCC1OC(n2c(Cl)nc3cc(Cl)c(Cl)cc32)CC1O. The quantitative estimate of drug-likeness (QED) is 0.884. The van der Waals surface area contributed by atoms with E-state index >= 15 is 0 Å². The number of benzene rings is 1. The molecular formula is C12H11Cl3N2O3. The monoisotopic (exact) mass is 336 g/mol. The van der Waals surface area contributed by atoms with Gasteiger partial charge in [-0.2, -0.15) is 0 Å². The molecule has 3 atom stereocenters. The Kier molecular flexibility index (Phi) is 3.83. The number of aliphatic hydroxyl groups excluding tert-OH is 2. The highest BCUT2D eigenvalue weighted by atomic mass is 35.5. The number of aromatic nitrogens is 2. The van der Waals surface area contributed by atoms with Crippen LogP contribution in [0.3, 0.4) is 0 Å². The van der Waals surface area contributed by atoms with Crippen LogP contribution < -0.4 is 0 Å². The van der Waals surface area contributed by atoms with Crippen LogP contribution in [0.2, 0.25) is 15.3 Å². The van der Waals surface area contributed by atoms with Crippen molar-refractivity contribution in [3.8, 4) is 0 Å². The molecule has 0 bridgehead atoms. The maximum absolute atomic E-state index is 9.81. The zero-order valence-corrected chi connectivity index (χ0v) is 12.4. The topological polar surface area (TPSA) is 67.5 Å². The molecular weight excluding hydrogens is 327 g/mol. The summed E-state index contributed by atoms with van der Waals surface area (Å²) in [5.41, 5.74) is 1.26. The first-order chi connectivity index (χ1) is 9.51. The van der Waals surface area contributed by atoms with Crippen molar-refractivity contribution in [2.24, 2.45) is 0 Å². The summed E-state index contributed by atoms with van der Waals surface area (Å²) in [5, 5.41) is 19.9. The van der Waals surface area contributed by atoms with Gasteiger partial charge in [0.1, 0.15) is 12.3 Å². The predicted octanol–water partition coefficient (Wildman–Crippen LogP) is 2.64. The summed E-state index contributed by atoms with van der Waals surface area (Å²) in [6.45, 7) is -0.255. The van der Waals surface area contributed by atoms with Crippen LogP contribution in [0.25, 0.3) is 11.0 Å². The largest absolute Gasteiger partial charge is 0.394 e. The van der Waals surface area contributed by atoms with E-state index in [0.29, 0.717) is 27.5 Å². The molecule has 108 valence electrons. The van der Waals surface area contributed by atoms with Gasteiger partial charge < -0.3 is 14.9 Å². The number of hydrogen-bond donors (Lipinski definition) is 2. The molecule has 2 heterocycles. The van der Waals surface area contributed by atoms with Gasteiger partial charge in [-0.05, 0) is 23.7 Å². The second-order valence-electron chi connectivity index (χ2n) is 4.62. The van der Waals surface area contributed by atoms with Gasteiger partial charge in [0.2, 0.25) is 5.28 Å². The number of hydrogen-bond acceptors (Lipinski definition) is 4. The average molecular weight is 338 g/mol. The summed E-state index contributed by atoms with van der Waals surface area (Å²) in [6.07, 6.45) is -1.56. The maximum Gasteiger partial charge on any atom is 0.205 e. The molecule has 3 unspecified atom stereocenters. The second-order valence-corrected chi connectivity index (χ2v) is 5.77. The number of aliphatic hydroxyl groups is 2. The first kappa shape index (κ1) is 14.4. The van der Waals surface area contributed by atoms with E-state index in [4.69, 9.17) is 44.6 Å². The van der Waals surface area contributed by atoms with E-state index in [1.54, 1.807) is 16.7 Å². The summed E-state index contributed by atoms with van der Waals surface area (Å²) >= 11 is 18.1. The lowest BCUT2D eigenvalue weighted by atomic mass is 10.2. The third-order valence-corrected chi connectivity index (χ3v) is 4.35. The van der Waals surface area contributed by atoms with E-state index in [1.165, 1.54) is 0 Å². The molecule has 3 rings (SSSR count). The van der Waals surface area contributed by atoms with Crippen LogP contribution in [-0.4, -0.2) is 38.6 Å². The van der Waals surface area contributed by atoms with E-state index in [1.807, 2.05) is 0 Å². The zero-order chi connectivity index (χ0) is 14.4. The predicted molar refractivity (Wildman–Crippen MR) is 76.4 cm³/mol. The van der Waals surface area contributed by atoms with Crippen molar-refractivity contribution < 1.29 is 14.9 Å². The molecule has 0 amide bonds. The summed E-state index contributed by atoms with van der Waals surface area (Å²) in [4.78, 5) is 4.20. The van der Waals surface area contributed by atoms with Gasteiger partial charge in [0.15, 0.2) is 0 Å².